The van der Waals surface area contributed by atoms with E-state index in [9.17, 15) is 0 Å². The molecule has 122 valence electrons. The maximum Gasteiger partial charge on any atom is 0.0194 e. The van der Waals surface area contributed by atoms with Gasteiger partial charge in [0.25, 0.3) is 0 Å². The van der Waals surface area contributed by atoms with Gasteiger partial charge in [0.2, 0.25) is 0 Å². The lowest BCUT2D eigenvalue weighted by Crippen LogP contribution is -2.29. The van der Waals surface area contributed by atoms with Crippen molar-refractivity contribution < 1.29 is 0 Å². The molecular formula is C15H39PS3. The van der Waals surface area contributed by atoms with Crippen LogP contribution in [0.25, 0.3) is 0 Å². The standard InChI is InChI=1S/C15H39PS3/c1-13(2)19(14(3)4,15(5)6)16(17(7,8)9)18(10,11)12/h13-15H,1-12H3. The molecule has 19 heavy (non-hydrogen) atoms. The second-order valence-electron chi connectivity index (χ2n) is 7.64. The Hall–Kier alpha value is 1.48. The smallest absolute Gasteiger partial charge is 0.0194 e. The van der Waals surface area contributed by atoms with E-state index < -0.39 is 28.9 Å². The van der Waals surface area contributed by atoms with Gasteiger partial charge in [-0.3, -0.25) is 0 Å². The lowest BCUT2D eigenvalue weighted by molar-refractivity contribution is 0.966. The Balaban J connectivity index is 6.21. The molecule has 0 N–H and O–H groups in total. The zero-order chi connectivity index (χ0) is 15.8. The van der Waals surface area contributed by atoms with Crippen LogP contribution >= 0.6 is 34.5 Å². The van der Waals surface area contributed by atoms with Gasteiger partial charge in [-0.15, -0.1) is 0 Å². The van der Waals surface area contributed by atoms with Crippen molar-refractivity contribution in [2.24, 2.45) is 0 Å². The Bertz CT molecular complexity index is 249. The first-order chi connectivity index (χ1) is 8.20. The van der Waals surface area contributed by atoms with Crippen LogP contribution in [0.5, 0.6) is 0 Å². The molecule has 0 fully saturated rings. The summed E-state index contributed by atoms with van der Waals surface area (Å²) in [5, 5.41) is 2.58. The third-order valence-corrected chi connectivity index (χ3v) is 41.7. The molecule has 0 aromatic heterocycles. The van der Waals surface area contributed by atoms with Crippen molar-refractivity contribution in [1.82, 2.24) is 0 Å². The molecule has 0 aromatic rings. The van der Waals surface area contributed by atoms with E-state index in [0.29, 0.717) is 0 Å². The Morgan fingerprint density at radius 2 is 0.737 bits per heavy atom. The SMILES string of the molecule is CC(C)S(C(C)C)(C(C)C)P(S(C)(C)C)S(C)(C)C. The summed E-state index contributed by atoms with van der Waals surface area (Å²) >= 11 is 0. The summed E-state index contributed by atoms with van der Waals surface area (Å²) < 4.78 is 0. The van der Waals surface area contributed by atoms with Crippen molar-refractivity contribution in [2.45, 2.75) is 57.3 Å². The van der Waals surface area contributed by atoms with Gasteiger partial charge in [-0.05, 0) is 53.3 Å². The zero-order valence-electron chi connectivity index (χ0n) is 15.4. The van der Waals surface area contributed by atoms with Gasteiger partial charge >= 0.3 is 0 Å². The molecule has 0 rings (SSSR count). The highest BCUT2D eigenvalue weighted by atomic mass is 33.4. The second kappa shape index (κ2) is 6.71. The van der Waals surface area contributed by atoms with Crippen molar-refractivity contribution in [3.63, 3.8) is 0 Å². The van der Waals surface area contributed by atoms with Crippen molar-refractivity contribution in [3.05, 3.63) is 0 Å². The van der Waals surface area contributed by atoms with E-state index in [-0.39, 0.29) is 5.53 Å². The third kappa shape index (κ3) is 4.24. The molecule has 0 nitrogen and oxygen atoms in total. The minimum atomic E-state index is -0.564. The average molecular weight is 347 g/mol. The normalized spacial score (nSPS) is 17.7. The van der Waals surface area contributed by atoms with Gasteiger partial charge in [-0.1, -0.05) is 41.5 Å². The fourth-order valence-electron chi connectivity index (χ4n) is 3.59. The highest BCUT2D eigenvalue weighted by molar-refractivity contribution is 9.31. The number of hydrogen-bond acceptors (Lipinski definition) is 0. The molecule has 0 bridgehead atoms. The van der Waals surface area contributed by atoms with Crippen LogP contribution in [-0.2, 0) is 0 Å². The first-order valence-electron chi connectivity index (χ1n) is 7.17. The minimum absolute atomic E-state index is 0.141. The summed E-state index contributed by atoms with van der Waals surface area (Å²) in [4.78, 5) is 0. The summed E-state index contributed by atoms with van der Waals surface area (Å²) in [5.41, 5.74) is 0.141. The first kappa shape index (κ1) is 20.5. The van der Waals surface area contributed by atoms with Crippen molar-refractivity contribution in [1.29, 1.82) is 0 Å². The van der Waals surface area contributed by atoms with Crippen LogP contribution in [-0.4, -0.2) is 53.3 Å². The Kier molecular flexibility index (Phi) is 7.24. The molecule has 0 amide bonds. The highest BCUT2D eigenvalue weighted by Gasteiger charge is 2.48. The van der Waals surface area contributed by atoms with E-state index in [0.717, 1.165) is 15.7 Å². The van der Waals surface area contributed by atoms with Crippen LogP contribution < -0.4 is 0 Å². The van der Waals surface area contributed by atoms with Gasteiger partial charge in [0.15, 0.2) is 0 Å². The van der Waals surface area contributed by atoms with E-state index in [1.165, 1.54) is 0 Å². The van der Waals surface area contributed by atoms with Crippen LogP contribution in [0.4, 0.5) is 0 Å². The van der Waals surface area contributed by atoms with Crippen molar-refractivity contribution >= 4 is 34.5 Å². The molecule has 0 aliphatic heterocycles. The van der Waals surface area contributed by atoms with Gasteiger partial charge in [-0.2, -0.15) is 9.65 Å². The molecule has 0 heterocycles. The van der Waals surface area contributed by atoms with Crippen LogP contribution in [0.15, 0.2) is 0 Å². The first-order valence-corrected chi connectivity index (χ1v) is 17.9. The van der Waals surface area contributed by atoms with Crippen LogP contribution in [0.1, 0.15) is 41.5 Å². The number of hydrogen-bond donors (Lipinski definition) is 0. The van der Waals surface area contributed by atoms with E-state index in [1.807, 2.05) is 0 Å². The topological polar surface area (TPSA) is 0 Å². The average Bonchev–Trinajstić information content (AvgIpc) is 2.07. The lowest BCUT2D eigenvalue weighted by Gasteiger charge is -2.66. The van der Waals surface area contributed by atoms with E-state index in [1.54, 1.807) is 0 Å². The quantitative estimate of drug-likeness (QED) is 0.473. The lowest BCUT2D eigenvalue weighted by atomic mass is 10.5. The van der Waals surface area contributed by atoms with Crippen LogP contribution in [0, 0.1) is 0 Å². The Morgan fingerprint density at radius 1 is 0.526 bits per heavy atom. The summed E-state index contributed by atoms with van der Waals surface area (Å²) in [7, 11) is -1.52. The van der Waals surface area contributed by atoms with Crippen molar-refractivity contribution in [3.8, 4) is 0 Å². The third-order valence-electron chi connectivity index (χ3n) is 3.42. The summed E-state index contributed by atoms with van der Waals surface area (Å²) in [5.74, 6) is 0. The molecule has 0 aromatic carbocycles. The number of rotatable bonds is 6. The van der Waals surface area contributed by atoms with E-state index in [4.69, 9.17) is 0 Å². The van der Waals surface area contributed by atoms with Crippen LogP contribution in [0.3, 0.4) is 0 Å². The molecule has 0 unspecified atom stereocenters. The van der Waals surface area contributed by atoms with Gasteiger partial charge < -0.3 is 0 Å². The minimum Gasteiger partial charge on any atom is -0.214 e. The van der Waals surface area contributed by atoms with Gasteiger partial charge in [0, 0.05) is 5.53 Å². The summed E-state index contributed by atoms with van der Waals surface area (Å²) in [6.07, 6.45) is 15.5. The predicted octanol–water partition coefficient (Wildman–Crippen LogP) is 6.63. The van der Waals surface area contributed by atoms with E-state index in [2.05, 4.69) is 79.1 Å². The molecule has 0 radical (unpaired) electrons. The molecule has 0 saturated carbocycles. The Labute approximate surface area is 129 Å². The maximum atomic E-state index is 2.59. The molecule has 0 saturated heterocycles. The molecular weight excluding hydrogens is 307 g/mol. The maximum absolute atomic E-state index is 2.59. The second-order valence-corrected chi connectivity index (χ2v) is 33.3. The highest BCUT2D eigenvalue weighted by Crippen LogP contribution is 3.05. The van der Waals surface area contributed by atoms with Gasteiger partial charge in [0.1, 0.15) is 0 Å². The largest absolute Gasteiger partial charge is 0.214 e. The fraction of sp³-hybridized carbons (Fsp3) is 1.00. The monoisotopic (exact) mass is 346 g/mol. The van der Waals surface area contributed by atoms with Crippen LogP contribution in [0.2, 0.25) is 0 Å². The predicted molar refractivity (Wildman–Crippen MR) is 111 cm³/mol. The Morgan fingerprint density at radius 3 is 0.789 bits per heavy atom. The molecule has 0 aliphatic rings. The summed E-state index contributed by atoms with van der Waals surface area (Å²) in [6, 6.07) is 0. The van der Waals surface area contributed by atoms with E-state index >= 15 is 0 Å². The molecule has 4 heteroatoms. The van der Waals surface area contributed by atoms with Gasteiger partial charge in [-0.25, -0.2) is 19.3 Å². The van der Waals surface area contributed by atoms with Gasteiger partial charge in [0.05, 0.1) is 0 Å². The van der Waals surface area contributed by atoms with Crippen molar-refractivity contribution in [2.75, 3.05) is 37.5 Å². The zero-order valence-corrected chi connectivity index (χ0v) is 18.7. The fourth-order valence-corrected chi connectivity index (χ4v) is 57.9. The molecule has 0 spiro atoms. The summed E-state index contributed by atoms with van der Waals surface area (Å²) in [6.45, 7) is 15.1. The molecule has 0 atom stereocenters. The molecule has 0 aliphatic carbocycles.